The van der Waals surface area contributed by atoms with Crippen molar-refractivity contribution in [1.82, 2.24) is 9.88 Å². The molecule has 0 unspecified atom stereocenters. The second-order valence-electron chi connectivity index (χ2n) is 8.20. The number of nitriles is 1. The zero-order valence-corrected chi connectivity index (χ0v) is 20.4. The molecule has 0 saturated heterocycles. The molecule has 1 aliphatic heterocycles. The second-order valence-corrected chi connectivity index (χ2v) is 8.20. The van der Waals surface area contributed by atoms with Gasteiger partial charge in [0.25, 0.3) is 5.56 Å². The van der Waals surface area contributed by atoms with E-state index in [2.05, 4.69) is 16.0 Å². The van der Waals surface area contributed by atoms with Crippen LogP contribution in [0.4, 0.5) is 0 Å². The molecule has 4 rings (SSSR count). The zero-order valence-electron chi connectivity index (χ0n) is 20.4. The van der Waals surface area contributed by atoms with E-state index in [-0.39, 0.29) is 5.56 Å². The number of aromatic amines is 1. The van der Waals surface area contributed by atoms with Crippen LogP contribution in [-0.2, 0) is 6.54 Å². The van der Waals surface area contributed by atoms with Gasteiger partial charge in [0.2, 0.25) is 0 Å². The molecule has 0 aliphatic carbocycles. The molecule has 8 heteroatoms. The molecule has 0 fully saturated rings. The maximum absolute atomic E-state index is 13.0. The molecule has 0 radical (unpaired) electrons. The number of methoxy groups -OCH3 is 4. The Balaban J connectivity index is 1.95. The van der Waals surface area contributed by atoms with Crippen LogP contribution in [0.1, 0.15) is 22.4 Å². The molecule has 0 atom stereocenters. The first kappa shape index (κ1) is 23.9. The molecular formula is C27H27N3O5. The summed E-state index contributed by atoms with van der Waals surface area (Å²) in [6, 6.07) is 13.2. The van der Waals surface area contributed by atoms with Crippen LogP contribution in [0, 0.1) is 11.3 Å². The van der Waals surface area contributed by atoms with Crippen molar-refractivity contribution in [2.75, 3.05) is 42.0 Å². The van der Waals surface area contributed by atoms with Crippen molar-refractivity contribution >= 4 is 11.6 Å². The third-order valence-electron chi connectivity index (χ3n) is 6.04. The van der Waals surface area contributed by atoms with Crippen LogP contribution in [0.25, 0.3) is 22.8 Å². The minimum atomic E-state index is -0.432. The molecule has 0 bridgehead atoms. The molecule has 180 valence electrons. The lowest BCUT2D eigenvalue weighted by molar-refractivity contribution is 0.354. The summed E-state index contributed by atoms with van der Waals surface area (Å²) in [5.74, 6) is 2.34. The zero-order chi connectivity index (χ0) is 25.1. The van der Waals surface area contributed by atoms with Gasteiger partial charge in [-0.2, -0.15) is 5.26 Å². The van der Waals surface area contributed by atoms with E-state index in [1.165, 1.54) is 0 Å². The summed E-state index contributed by atoms with van der Waals surface area (Å²) in [7, 11) is 8.30. The van der Waals surface area contributed by atoms with Crippen molar-refractivity contribution in [1.29, 1.82) is 5.26 Å². The van der Waals surface area contributed by atoms with Gasteiger partial charge in [0.05, 0.1) is 34.1 Å². The van der Waals surface area contributed by atoms with Gasteiger partial charge in [0.1, 0.15) is 11.6 Å². The first-order chi connectivity index (χ1) is 16.9. The molecule has 1 aliphatic rings. The first-order valence-electron chi connectivity index (χ1n) is 11.0. The lowest BCUT2D eigenvalue weighted by atomic mass is 9.89. The van der Waals surface area contributed by atoms with Crippen LogP contribution in [-0.4, -0.2) is 51.9 Å². The van der Waals surface area contributed by atoms with E-state index in [1.54, 1.807) is 40.6 Å². The predicted octanol–water partition coefficient (Wildman–Crippen LogP) is 3.93. The second kappa shape index (κ2) is 9.95. The minimum Gasteiger partial charge on any atom is -0.493 e. The number of H-pyrrole nitrogens is 1. The number of benzene rings is 2. The molecular weight excluding hydrogens is 446 g/mol. The summed E-state index contributed by atoms with van der Waals surface area (Å²) >= 11 is 0. The fraction of sp³-hybridized carbons (Fsp3) is 0.259. The maximum atomic E-state index is 13.0. The Labute approximate surface area is 203 Å². The Bertz CT molecular complexity index is 1400. The number of nitrogens with zero attached hydrogens (tertiary/aromatic N) is 2. The lowest BCUT2D eigenvalue weighted by Gasteiger charge is -2.29. The Hall–Kier alpha value is -4.22. The van der Waals surface area contributed by atoms with Crippen molar-refractivity contribution in [2.45, 2.75) is 6.54 Å². The van der Waals surface area contributed by atoms with E-state index in [0.29, 0.717) is 52.9 Å². The Morgan fingerprint density at radius 3 is 2.17 bits per heavy atom. The lowest BCUT2D eigenvalue weighted by Crippen LogP contribution is -2.30. The van der Waals surface area contributed by atoms with E-state index >= 15 is 0 Å². The van der Waals surface area contributed by atoms with Crippen molar-refractivity contribution in [2.24, 2.45) is 0 Å². The van der Waals surface area contributed by atoms with Crippen LogP contribution >= 0.6 is 0 Å². The van der Waals surface area contributed by atoms with Gasteiger partial charge in [-0.1, -0.05) is 12.1 Å². The van der Waals surface area contributed by atoms with Crippen LogP contribution in [0.15, 0.2) is 41.2 Å². The van der Waals surface area contributed by atoms with Gasteiger partial charge >= 0.3 is 0 Å². The van der Waals surface area contributed by atoms with E-state index < -0.39 is 5.56 Å². The van der Waals surface area contributed by atoms with Crippen LogP contribution < -0.4 is 24.5 Å². The highest BCUT2D eigenvalue weighted by atomic mass is 16.5. The number of pyridine rings is 1. The van der Waals surface area contributed by atoms with E-state index in [9.17, 15) is 10.1 Å². The molecule has 0 amide bonds. The molecule has 3 aromatic rings. The molecule has 2 aromatic carbocycles. The Kier molecular flexibility index (Phi) is 6.80. The molecule has 2 heterocycles. The largest absolute Gasteiger partial charge is 0.493 e. The van der Waals surface area contributed by atoms with Crippen molar-refractivity contribution in [3.05, 3.63) is 69.1 Å². The van der Waals surface area contributed by atoms with E-state index in [1.807, 2.05) is 37.4 Å². The summed E-state index contributed by atoms with van der Waals surface area (Å²) < 4.78 is 21.6. The molecule has 0 spiro atoms. The van der Waals surface area contributed by atoms with Gasteiger partial charge in [0, 0.05) is 18.7 Å². The normalized spacial score (nSPS) is 14.2. The minimum absolute atomic E-state index is 0.0664. The fourth-order valence-electron chi connectivity index (χ4n) is 4.45. The predicted molar refractivity (Wildman–Crippen MR) is 134 cm³/mol. The van der Waals surface area contributed by atoms with Crippen molar-refractivity contribution in [3.8, 4) is 40.2 Å². The number of hydrogen-bond donors (Lipinski definition) is 1. The number of aromatic nitrogens is 1. The topological polar surface area (TPSA) is 96.8 Å². The van der Waals surface area contributed by atoms with Gasteiger partial charge in [-0.05, 0) is 59.7 Å². The SMILES string of the molecule is COc1ccc(/C=C2\CN(C)Cc3c2[nH]c(=O)c(C#N)c3-c2ccc(OC)c(OC)c2)cc1OC. The molecule has 1 N–H and O–H groups in total. The highest BCUT2D eigenvalue weighted by Crippen LogP contribution is 2.39. The number of ether oxygens (including phenoxy) is 4. The highest BCUT2D eigenvalue weighted by molar-refractivity contribution is 5.88. The highest BCUT2D eigenvalue weighted by Gasteiger charge is 2.27. The number of fused-ring (bicyclic) bond motifs is 1. The monoisotopic (exact) mass is 473 g/mol. The number of rotatable bonds is 6. The quantitative estimate of drug-likeness (QED) is 0.579. The third-order valence-corrected chi connectivity index (χ3v) is 6.04. The van der Waals surface area contributed by atoms with Gasteiger partial charge in [-0.25, -0.2) is 0 Å². The van der Waals surface area contributed by atoms with Crippen LogP contribution in [0.2, 0.25) is 0 Å². The van der Waals surface area contributed by atoms with Gasteiger partial charge < -0.3 is 23.9 Å². The Morgan fingerprint density at radius 1 is 0.914 bits per heavy atom. The molecule has 1 aromatic heterocycles. The first-order valence-corrected chi connectivity index (χ1v) is 11.0. The van der Waals surface area contributed by atoms with Gasteiger partial charge in [0.15, 0.2) is 23.0 Å². The fourth-order valence-corrected chi connectivity index (χ4v) is 4.45. The van der Waals surface area contributed by atoms with Crippen LogP contribution in [0.3, 0.4) is 0 Å². The summed E-state index contributed by atoms with van der Waals surface area (Å²) in [6.07, 6.45) is 2.01. The summed E-state index contributed by atoms with van der Waals surface area (Å²) in [5, 5.41) is 9.88. The van der Waals surface area contributed by atoms with E-state index in [4.69, 9.17) is 18.9 Å². The average Bonchev–Trinajstić information content (AvgIpc) is 2.87. The van der Waals surface area contributed by atoms with Crippen molar-refractivity contribution in [3.63, 3.8) is 0 Å². The van der Waals surface area contributed by atoms with Crippen LogP contribution in [0.5, 0.6) is 23.0 Å². The van der Waals surface area contributed by atoms with Gasteiger partial charge in [-0.3, -0.25) is 9.69 Å². The smallest absolute Gasteiger partial charge is 0.266 e. The van der Waals surface area contributed by atoms with E-state index in [0.717, 1.165) is 16.7 Å². The third kappa shape index (κ3) is 4.46. The number of nitrogens with one attached hydrogen (secondary N) is 1. The van der Waals surface area contributed by atoms with Gasteiger partial charge in [-0.15, -0.1) is 0 Å². The maximum Gasteiger partial charge on any atom is 0.266 e. The molecule has 0 saturated carbocycles. The Morgan fingerprint density at radius 2 is 1.54 bits per heavy atom. The summed E-state index contributed by atoms with van der Waals surface area (Å²) in [6.45, 7) is 1.18. The molecule has 8 nitrogen and oxygen atoms in total. The summed E-state index contributed by atoms with van der Waals surface area (Å²) in [4.78, 5) is 18.1. The molecule has 35 heavy (non-hydrogen) atoms. The average molecular weight is 474 g/mol. The van der Waals surface area contributed by atoms with Crippen molar-refractivity contribution < 1.29 is 18.9 Å². The number of hydrogen-bond acceptors (Lipinski definition) is 7. The standard InChI is InChI=1S/C27H27N3O5/c1-30-14-18(10-16-6-8-21(32-2)23(11-16)34-4)26-20(15-30)25(19(13-28)27(31)29-26)17-7-9-22(33-3)24(12-17)35-5/h6-12H,14-15H2,1-5H3,(H,29,31)/b18-10+. The number of likely N-dealkylation sites (N-methyl/N-ethyl adjacent to an activating group) is 1. The summed E-state index contributed by atoms with van der Waals surface area (Å²) in [5.41, 5.74) is 4.34.